The van der Waals surface area contributed by atoms with Gasteiger partial charge in [0.25, 0.3) is 0 Å². The van der Waals surface area contributed by atoms with E-state index in [4.69, 9.17) is 0 Å². The molecule has 0 aliphatic heterocycles. The summed E-state index contributed by atoms with van der Waals surface area (Å²) in [5.74, 6) is 1.26. The van der Waals surface area contributed by atoms with Gasteiger partial charge in [-0.05, 0) is 25.7 Å². The van der Waals surface area contributed by atoms with Crippen LogP contribution in [0.3, 0.4) is 0 Å². The Kier molecular flexibility index (Phi) is 3.20. The highest BCUT2D eigenvalue weighted by atomic mass is 28.2. The minimum atomic E-state index is 0.678. The van der Waals surface area contributed by atoms with E-state index in [-0.39, 0.29) is 0 Å². The molecule has 0 heterocycles. The summed E-state index contributed by atoms with van der Waals surface area (Å²) < 4.78 is 0. The van der Waals surface area contributed by atoms with Gasteiger partial charge < -0.3 is 0 Å². The summed E-state index contributed by atoms with van der Waals surface area (Å²) in [4.78, 5) is 0. The Morgan fingerprint density at radius 1 is 1.00 bits per heavy atom. The van der Waals surface area contributed by atoms with Crippen molar-refractivity contribution < 1.29 is 0 Å². The molecule has 2 rings (SSSR count). The molecule has 0 unspecified atom stereocenters. The molecule has 1 fully saturated rings. The zero-order valence-electron chi connectivity index (χ0n) is 7.90. The molecule has 0 nitrogen and oxygen atoms in total. The predicted octanol–water partition coefficient (Wildman–Crippen LogP) is 1.94. The van der Waals surface area contributed by atoms with Crippen molar-refractivity contribution in [1.82, 2.24) is 0 Å². The quantitative estimate of drug-likeness (QED) is 0.647. The van der Waals surface area contributed by atoms with E-state index in [1.54, 1.807) is 0 Å². The van der Waals surface area contributed by atoms with E-state index < -0.39 is 0 Å². The molecule has 0 N–H and O–H groups in total. The fourth-order valence-corrected chi connectivity index (χ4v) is 2.36. The minimum absolute atomic E-state index is 0.678. The van der Waals surface area contributed by atoms with E-state index in [1.165, 1.54) is 16.3 Å². The number of hydrogen-bond donors (Lipinski definition) is 0. The molecular formula is C13H11Si. The van der Waals surface area contributed by atoms with Crippen LogP contribution in [0.25, 0.3) is 0 Å². The van der Waals surface area contributed by atoms with Crippen LogP contribution >= 0.6 is 0 Å². The van der Waals surface area contributed by atoms with Crippen molar-refractivity contribution in [3.05, 3.63) is 73.7 Å². The van der Waals surface area contributed by atoms with E-state index in [0.29, 0.717) is 9.52 Å². The molecule has 1 aromatic carbocycles. The van der Waals surface area contributed by atoms with Crippen LogP contribution < -0.4 is 5.19 Å². The second-order valence-corrected chi connectivity index (χ2v) is 4.57. The highest BCUT2D eigenvalue weighted by Crippen LogP contribution is 2.28. The molecule has 0 saturated heterocycles. The Morgan fingerprint density at radius 2 is 1.64 bits per heavy atom. The van der Waals surface area contributed by atoms with Crippen LogP contribution in [0, 0.1) is 31.6 Å². The second kappa shape index (κ2) is 4.60. The van der Waals surface area contributed by atoms with Crippen LogP contribution in [0.15, 0.2) is 42.1 Å². The van der Waals surface area contributed by atoms with Crippen LogP contribution in [0.5, 0.6) is 0 Å². The zero-order chi connectivity index (χ0) is 9.80. The average Bonchev–Trinajstić information content (AvgIpc) is 2.72. The topological polar surface area (TPSA) is 0 Å². The maximum absolute atomic E-state index is 4.10. The summed E-state index contributed by atoms with van der Waals surface area (Å²) in [6.45, 7) is 4.10. The van der Waals surface area contributed by atoms with Gasteiger partial charge >= 0.3 is 0 Å². The van der Waals surface area contributed by atoms with Gasteiger partial charge in [0, 0.05) is 5.92 Å². The predicted molar refractivity (Wildman–Crippen MR) is 61.4 cm³/mol. The fourth-order valence-electron chi connectivity index (χ4n) is 1.34. The fraction of sp³-hybridized carbons (Fsp3) is 0. The molecular weight excluding hydrogens is 184 g/mol. The molecule has 1 heteroatoms. The average molecular weight is 195 g/mol. The first kappa shape index (κ1) is 9.72. The Hall–Kier alpha value is -0.823. The van der Waals surface area contributed by atoms with Gasteiger partial charge in [0.05, 0.1) is 0 Å². The molecule has 0 aromatic heterocycles. The molecule has 67 valence electrons. The molecule has 0 amide bonds. The van der Waals surface area contributed by atoms with Gasteiger partial charge in [-0.2, -0.15) is 0 Å². The first-order valence-corrected chi connectivity index (χ1v) is 5.59. The number of benzene rings is 1. The molecule has 14 heavy (non-hydrogen) atoms. The summed E-state index contributed by atoms with van der Waals surface area (Å²) in [6.07, 6.45) is 8.32. The van der Waals surface area contributed by atoms with Gasteiger partial charge in [-0.3, -0.25) is 0 Å². The third kappa shape index (κ3) is 2.35. The minimum Gasteiger partial charge on any atom is -0.103 e. The Balaban J connectivity index is 1.94. The van der Waals surface area contributed by atoms with Crippen molar-refractivity contribution in [2.45, 2.75) is 0 Å². The maximum Gasteiger partial charge on any atom is 0.115 e. The van der Waals surface area contributed by atoms with E-state index >= 15 is 0 Å². The van der Waals surface area contributed by atoms with E-state index in [0.717, 1.165) is 0 Å². The third-order valence-corrected chi connectivity index (χ3v) is 3.29. The lowest BCUT2D eigenvalue weighted by atomic mass is 10.1. The Labute approximate surface area is 88.9 Å². The molecule has 0 spiro atoms. The zero-order valence-corrected chi connectivity index (χ0v) is 8.90. The molecule has 7 radical (unpaired) electrons. The summed E-state index contributed by atoms with van der Waals surface area (Å²) >= 11 is 0. The second-order valence-electron chi connectivity index (χ2n) is 3.14. The van der Waals surface area contributed by atoms with Crippen molar-refractivity contribution >= 4 is 14.7 Å². The number of allylic oxidation sites excluding steroid dienone is 1. The van der Waals surface area contributed by atoms with E-state index in [1.807, 2.05) is 6.07 Å². The van der Waals surface area contributed by atoms with Crippen molar-refractivity contribution in [3.63, 3.8) is 0 Å². The molecule has 0 bridgehead atoms. The van der Waals surface area contributed by atoms with Crippen LogP contribution in [0.2, 0.25) is 0 Å². The normalized spacial score (nSPS) is 17.1. The van der Waals surface area contributed by atoms with E-state index in [2.05, 4.69) is 56.5 Å². The highest BCUT2D eigenvalue weighted by Gasteiger charge is 2.19. The van der Waals surface area contributed by atoms with Gasteiger partial charge in [0.15, 0.2) is 0 Å². The van der Waals surface area contributed by atoms with Gasteiger partial charge in [-0.1, -0.05) is 40.7 Å². The lowest BCUT2D eigenvalue weighted by Crippen LogP contribution is -2.18. The Morgan fingerprint density at radius 3 is 2.29 bits per heavy atom. The van der Waals surface area contributed by atoms with Crippen molar-refractivity contribution in [2.24, 2.45) is 0 Å². The summed E-state index contributed by atoms with van der Waals surface area (Å²) in [7, 11) is 0.678. The SMILES string of the molecule is C=C([Si]c1ccccc1)[C]1[CH][CH][CH][CH]1. The lowest BCUT2D eigenvalue weighted by molar-refractivity contribution is 1.35. The Bertz CT molecular complexity index is 296. The van der Waals surface area contributed by atoms with Crippen LogP contribution in [0.1, 0.15) is 0 Å². The molecule has 1 aliphatic carbocycles. The van der Waals surface area contributed by atoms with Gasteiger partial charge in [0.2, 0.25) is 0 Å². The van der Waals surface area contributed by atoms with Crippen molar-refractivity contribution in [2.75, 3.05) is 0 Å². The van der Waals surface area contributed by atoms with Crippen LogP contribution in [-0.4, -0.2) is 9.52 Å². The molecule has 0 atom stereocenters. The third-order valence-electron chi connectivity index (χ3n) is 2.08. The van der Waals surface area contributed by atoms with E-state index in [9.17, 15) is 0 Å². The number of rotatable bonds is 3. The van der Waals surface area contributed by atoms with Gasteiger partial charge in [-0.25, -0.2) is 0 Å². The highest BCUT2D eigenvalue weighted by molar-refractivity contribution is 6.61. The summed E-state index contributed by atoms with van der Waals surface area (Å²) in [6, 6.07) is 10.5. The molecule has 1 aliphatic rings. The van der Waals surface area contributed by atoms with Crippen LogP contribution in [0.4, 0.5) is 0 Å². The molecule has 1 aromatic rings. The smallest absolute Gasteiger partial charge is 0.103 e. The first-order chi connectivity index (χ1) is 6.86. The maximum atomic E-state index is 4.10. The van der Waals surface area contributed by atoms with Gasteiger partial charge in [-0.15, -0.1) is 6.58 Å². The van der Waals surface area contributed by atoms with Crippen molar-refractivity contribution in [1.29, 1.82) is 0 Å². The monoisotopic (exact) mass is 195 g/mol. The summed E-state index contributed by atoms with van der Waals surface area (Å²) in [5, 5.41) is 2.56. The summed E-state index contributed by atoms with van der Waals surface area (Å²) in [5.41, 5.74) is 0. The van der Waals surface area contributed by atoms with Crippen molar-refractivity contribution in [3.8, 4) is 0 Å². The number of hydrogen-bond acceptors (Lipinski definition) is 0. The first-order valence-electron chi connectivity index (χ1n) is 4.59. The van der Waals surface area contributed by atoms with Gasteiger partial charge in [0.1, 0.15) is 9.52 Å². The van der Waals surface area contributed by atoms with Crippen LogP contribution in [-0.2, 0) is 0 Å². The largest absolute Gasteiger partial charge is 0.115 e. The standard InChI is InChI=1S/C13H11Si/c1-11(12-7-5-6-8-12)14-13-9-3-2-4-10-13/h2-10H,1H2. The lowest BCUT2D eigenvalue weighted by Gasteiger charge is -2.10. The molecule has 1 saturated carbocycles.